The average molecular weight is 233 g/mol. The summed E-state index contributed by atoms with van der Waals surface area (Å²) >= 11 is 0. The maximum atomic E-state index is 10.1. The predicted octanol–water partition coefficient (Wildman–Crippen LogP) is 1.13. The lowest BCUT2D eigenvalue weighted by molar-refractivity contribution is -0.125. The number of nitrogens with zero attached hydrogens (tertiary/aromatic N) is 1. The van der Waals surface area contributed by atoms with Crippen LogP contribution in [0.2, 0.25) is 0 Å². The van der Waals surface area contributed by atoms with Gasteiger partial charge in [-0.3, -0.25) is 4.90 Å². The number of piperidine rings is 1. The molecule has 1 unspecified atom stereocenters. The van der Waals surface area contributed by atoms with Crippen LogP contribution in [0.3, 0.4) is 0 Å². The van der Waals surface area contributed by atoms with Crippen LogP contribution in [0.4, 0.5) is 0 Å². The molecule has 0 aromatic heterocycles. The van der Waals surface area contributed by atoms with E-state index in [1.54, 1.807) is 0 Å². The lowest BCUT2D eigenvalue weighted by atomic mass is 9.84. The number of likely N-dealkylation sites (tertiary alicyclic amines) is 1. The highest BCUT2D eigenvalue weighted by Crippen LogP contribution is 2.28. The molecule has 0 aliphatic carbocycles. The summed E-state index contributed by atoms with van der Waals surface area (Å²) in [5, 5.41) is 10.1. The van der Waals surface area contributed by atoms with Gasteiger partial charge < -0.3 is 9.84 Å². The summed E-state index contributed by atoms with van der Waals surface area (Å²) in [7, 11) is 0. The largest absolute Gasteiger partial charge is 0.392 e. The lowest BCUT2D eigenvalue weighted by Gasteiger charge is -2.44. The summed E-state index contributed by atoms with van der Waals surface area (Å²) in [6.45, 7) is 4.31. The Hall–Kier alpha value is -0.900. The summed E-state index contributed by atoms with van der Waals surface area (Å²) in [6, 6.07) is 10.5. The van der Waals surface area contributed by atoms with Gasteiger partial charge in [0, 0.05) is 31.5 Å². The van der Waals surface area contributed by atoms with Crippen LogP contribution < -0.4 is 0 Å². The van der Waals surface area contributed by atoms with Crippen molar-refractivity contribution >= 4 is 0 Å². The minimum Gasteiger partial charge on any atom is -0.392 e. The molecule has 0 amide bonds. The molecule has 2 aliphatic rings. The Morgan fingerprint density at radius 1 is 1.12 bits per heavy atom. The minimum absolute atomic E-state index is 0.157. The maximum Gasteiger partial charge on any atom is 0.0665 e. The van der Waals surface area contributed by atoms with Crippen LogP contribution >= 0.6 is 0 Å². The first-order valence-corrected chi connectivity index (χ1v) is 6.35. The second kappa shape index (κ2) is 4.77. The van der Waals surface area contributed by atoms with Gasteiger partial charge in [0.25, 0.3) is 0 Å². The number of rotatable bonds is 2. The van der Waals surface area contributed by atoms with Crippen LogP contribution in [0.15, 0.2) is 30.3 Å². The Labute approximate surface area is 102 Å². The fourth-order valence-electron chi connectivity index (χ4n) is 2.98. The van der Waals surface area contributed by atoms with Crippen LogP contribution in [0.1, 0.15) is 5.56 Å². The molecule has 2 aliphatic heterocycles. The number of ether oxygens (including phenoxy) is 1. The fraction of sp³-hybridized carbons (Fsp3) is 0.571. The van der Waals surface area contributed by atoms with Crippen LogP contribution in [0, 0.1) is 11.8 Å². The molecular formula is C14H19NO2. The molecule has 1 N–H and O–H groups in total. The first-order valence-electron chi connectivity index (χ1n) is 6.35. The molecule has 3 nitrogen and oxygen atoms in total. The molecule has 17 heavy (non-hydrogen) atoms. The SMILES string of the molecule is O[C@@H]1C2COC[C@H]1CN(Cc1ccccc1)C2. The second-order valence-corrected chi connectivity index (χ2v) is 5.23. The Bertz CT molecular complexity index is 354. The Balaban J connectivity index is 1.66. The molecule has 1 aromatic rings. The molecule has 0 spiro atoms. The monoisotopic (exact) mass is 233 g/mol. The third-order valence-electron chi connectivity index (χ3n) is 3.86. The molecule has 1 aromatic carbocycles. The minimum atomic E-state index is -0.157. The smallest absolute Gasteiger partial charge is 0.0665 e. The Morgan fingerprint density at radius 2 is 1.76 bits per heavy atom. The third-order valence-corrected chi connectivity index (χ3v) is 3.86. The first-order chi connectivity index (χ1) is 8.33. The highest BCUT2D eigenvalue weighted by Gasteiger charge is 2.38. The van der Waals surface area contributed by atoms with Crippen molar-refractivity contribution in [3.05, 3.63) is 35.9 Å². The van der Waals surface area contributed by atoms with E-state index in [0.717, 1.165) is 19.6 Å². The lowest BCUT2D eigenvalue weighted by Crippen LogP contribution is -2.54. The van der Waals surface area contributed by atoms with Gasteiger partial charge in [0.05, 0.1) is 19.3 Å². The summed E-state index contributed by atoms with van der Waals surface area (Å²) in [6.07, 6.45) is -0.157. The van der Waals surface area contributed by atoms with Crippen molar-refractivity contribution in [2.24, 2.45) is 11.8 Å². The van der Waals surface area contributed by atoms with Gasteiger partial charge in [-0.25, -0.2) is 0 Å². The molecular weight excluding hydrogens is 214 g/mol. The summed E-state index contributed by atoms with van der Waals surface area (Å²) in [5.74, 6) is 0.595. The van der Waals surface area contributed by atoms with Gasteiger partial charge in [0.15, 0.2) is 0 Å². The van der Waals surface area contributed by atoms with Crippen molar-refractivity contribution in [1.29, 1.82) is 0 Å². The number of hydrogen-bond donors (Lipinski definition) is 1. The number of aliphatic hydroxyl groups is 1. The van der Waals surface area contributed by atoms with E-state index >= 15 is 0 Å². The van der Waals surface area contributed by atoms with E-state index in [0.29, 0.717) is 25.0 Å². The Morgan fingerprint density at radius 3 is 2.41 bits per heavy atom. The number of hydrogen-bond acceptors (Lipinski definition) is 3. The van der Waals surface area contributed by atoms with E-state index in [1.165, 1.54) is 5.56 Å². The van der Waals surface area contributed by atoms with Gasteiger partial charge in [-0.05, 0) is 5.56 Å². The standard InChI is InChI=1S/C14H19NO2/c16-14-12-7-15(8-13(14)10-17-9-12)6-11-4-2-1-3-5-11/h1-5,12-14,16H,6-10H2/t12-,13?,14+/m1/s1. The number of aliphatic hydroxyl groups excluding tert-OH is 1. The fourth-order valence-corrected chi connectivity index (χ4v) is 2.98. The molecule has 2 bridgehead atoms. The van der Waals surface area contributed by atoms with Crippen LogP contribution in [0.25, 0.3) is 0 Å². The molecule has 0 saturated carbocycles. The van der Waals surface area contributed by atoms with Gasteiger partial charge in [0.1, 0.15) is 0 Å². The van der Waals surface area contributed by atoms with Crippen molar-refractivity contribution in [3.8, 4) is 0 Å². The van der Waals surface area contributed by atoms with Crippen molar-refractivity contribution in [2.45, 2.75) is 12.6 Å². The highest BCUT2D eigenvalue weighted by molar-refractivity contribution is 5.14. The van der Waals surface area contributed by atoms with E-state index in [9.17, 15) is 5.11 Å². The molecule has 2 heterocycles. The summed E-state index contributed by atoms with van der Waals surface area (Å²) < 4.78 is 5.52. The summed E-state index contributed by atoms with van der Waals surface area (Å²) in [4.78, 5) is 2.44. The van der Waals surface area contributed by atoms with Gasteiger partial charge in [-0.1, -0.05) is 30.3 Å². The van der Waals surface area contributed by atoms with Crippen LogP contribution in [-0.4, -0.2) is 42.4 Å². The molecule has 2 fully saturated rings. The molecule has 3 heteroatoms. The first kappa shape index (κ1) is 11.2. The molecule has 3 rings (SSSR count). The van der Waals surface area contributed by atoms with Crippen LogP contribution in [-0.2, 0) is 11.3 Å². The van der Waals surface area contributed by atoms with E-state index in [4.69, 9.17) is 4.74 Å². The zero-order valence-electron chi connectivity index (χ0n) is 9.96. The van der Waals surface area contributed by atoms with Crippen molar-refractivity contribution < 1.29 is 9.84 Å². The number of benzene rings is 1. The third kappa shape index (κ3) is 2.37. The average Bonchev–Trinajstić information content (AvgIpc) is 2.32. The van der Waals surface area contributed by atoms with E-state index < -0.39 is 0 Å². The molecule has 3 atom stereocenters. The normalized spacial score (nSPS) is 33.6. The predicted molar refractivity (Wildman–Crippen MR) is 65.5 cm³/mol. The van der Waals surface area contributed by atoms with Gasteiger partial charge >= 0.3 is 0 Å². The highest BCUT2D eigenvalue weighted by atomic mass is 16.5. The molecule has 92 valence electrons. The van der Waals surface area contributed by atoms with Crippen LogP contribution in [0.5, 0.6) is 0 Å². The number of fused-ring (bicyclic) bond motifs is 2. The van der Waals surface area contributed by atoms with E-state index in [-0.39, 0.29) is 6.10 Å². The van der Waals surface area contributed by atoms with E-state index in [2.05, 4.69) is 29.2 Å². The van der Waals surface area contributed by atoms with Crippen molar-refractivity contribution in [3.63, 3.8) is 0 Å². The summed E-state index contributed by atoms with van der Waals surface area (Å²) in [5.41, 5.74) is 1.35. The Kier molecular flexibility index (Phi) is 3.14. The molecule has 2 saturated heterocycles. The van der Waals surface area contributed by atoms with Crippen molar-refractivity contribution in [2.75, 3.05) is 26.3 Å². The second-order valence-electron chi connectivity index (χ2n) is 5.23. The van der Waals surface area contributed by atoms with Gasteiger partial charge in [-0.15, -0.1) is 0 Å². The maximum absolute atomic E-state index is 10.1. The molecule has 0 radical (unpaired) electrons. The zero-order chi connectivity index (χ0) is 11.7. The van der Waals surface area contributed by atoms with Gasteiger partial charge in [-0.2, -0.15) is 0 Å². The zero-order valence-corrected chi connectivity index (χ0v) is 9.96. The van der Waals surface area contributed by atoms with Gasteiger partial charge in [0.2, 0.25) is 0 Å². The topological polar surface area (TPSA) is 32.7 Å². The van der Waals surface area contributed by atoms with E-state index in [1.807, 2.05) is 6.07 Å². The van der Waals surface area contributed by atoms with Crippen molar-refractivity contribution in [1.82, 2.24) is 4.90 Å². The quantitative estimate of drug-likeness (QED) is 0.831.